The van der Waals surface area contributed by atoms with E-state index in [9.17, 15) is 4.79 Å². The van der Waals surface area contributed by atoms with Crippen molar-refractivity contribution in [1.29, 1.82) is 0 Å². The third-order valence-corrected chi connectivity index (χ3v) is 3.31. The van der Waals surface area contributed by atoms with Gasteiger partial charge >= 0.3 is 5.97 Å². The lowest BCUT2D eigenvalue weighted by atomic mass is 9.85. The number of rotatable bonds is 3. The van der Waals surface area contributed by atoms with E-state index in [1.807, 2.05) is 37.3 Å². The Morgan fingerprint density at radius 1 is 1.39 bits per heavy atom. The van der Waals surface area contributed by atoms with E-state index in [1.165, 1.54) is 6.26 Å². The molecule has 0 saturated carbocycles. The van der Waals surface area contributed by atoms with Crippen molar-refractivity contribution in [3.05, 3.63) is 47.7 Å². The number of carbonyl (C=O) groups excluding carboxylic acids is 1. The summed E-state index contributed by atoms with van der Waals surface area (Å²) in [5.74, 6) is -0.340. The Labute approximate surface area is 107 Å². The van der Waals surface area contributed by atoms with Gasteiger partial charge in [-0.05, 0) is 19.4 Å². The molecule has 1 aliphatic rings. The van der Waals surface area contributed by atoms with E-state index in [-0.39, 0.29) is 5.97 Å². The van der Waals surface area contributed by atoms with Gasteiger partial charge in [0.05, 0.1) is 6.61 Å². The van der Waals surface area contributed by atoms with Crippen LogP contribution >= 0.6 is 0 Å². The zero-order valence-corrected chi connectivity index (χ0v) is 10.8. The maximum absolute atomic E-state index is 12.0. The molecule has 1 aromatic rings. The molecule has 0 spiro atoms. The summed E-state index contributed by atoms with van der Waals surface area (Å²) in [4.78, 5) is 17.4. The van der Waals surface area contributed by atoms with Crippen LogP contribution in [-0.4, -0.2) is 24.7 Å². The highest BCUT2D eigenvalue weighted by atomic mass is 16.7. The van der Waals surface area contributed by atoms with Crippen molar-refractivity contribution in [2.75, 3.05) is 13.7 Å². The molecule has 0 aliphatic carbocycles. The van der Waals surface area contributed by atoms with E-state index < -0.39 is 5.54 Å². The molecular weight excluding hydrogens is 230 g/mol. The molecule has 1 heterocycles. The van der Waals surface area contributed by atoms with Crippen LogP contribution in [0.2, 0.25) is 0 Å². The summed E-state index contributed by atoms with van der Waals surface area (Å²) in [7, 11) is 1.80. The van der Waals surface area contributed by atoms with Gasteiger partial charge in [0.25, 0.3) is 0 Å². The van der Waals surface area contributed by atoms with Crippen LogP contribution in [0.4, 0.5) is 0 Å². The molecular formula is C14H17NO3. The first-order chi connectivity index (χ1) is 8.60. The van der Waals surface area contributed by atoms with Crippen LogP contribution in [0.15, 0.2) is 42.2 Å². The number of carbonyl (C=O) groups is 1. The zero-order valence-electron chi connectivity index (χ0n) is 10.8. The number of likely N-dealkylation sites (N-methyl/N-ethyl adjacent to an activating group) is 1. The smallest absolute Gasteiger partial charge is 0.339 e. The van der Waals surface area contributed by atoms with E-state index in [4.69, 9.17) is 9.57 Å². The number of esters is 1. The summed E-state index contributed by atoms with van der Waals surface area (Å²) in [6.45, 7) is 4.08. The van der Waals surface area contributed by atoms with Crippen LogP contribution in [0.3, 0.4) is 0 Å². The summed E-state index contributed by atoms with van der Waals surface area (Å²) in [6.07, 6.45) is 1.46. The fourth-order valence-electron chi connectivity index (χ4n) is 2.08. The quantitative estimate of drug-likeness (QED) is 0.768. The van der Waals surface area contributed by atoms with Gasteiger partial charge in [-0.25, -0.2) is 4.79 Å². The number of hydrogen-bond donors (Lipinski definition) is 0. The standard InChI is InChI=1S/C14H17NO3/c1-4-17-13(16)12-10-18-15(3)14(12,2)11-8-6-5-7-9-11/h5-10H,4H2,1-3H3. The van der Waals surface area contributed by atoms with Gasteiger partial charge in [-0.1, -0.05) is 30.3 Å². The zero-order chi connectivity index (χ0) is 13.2. The van der Waals surface area contributed by atoms with Crippen molar-refractivity contribution in [3.8, 4) is 0 Å². The predicted octanol–water partition coefficient (Wildman–Crippen LogP) is 2.23. The summed E-state index contributed by atoms with van der Waals surface area (Å²) >= 11 is 0. The summed E-state index contributed by atoms with van der Waals surface area (Å²) in [5, 5.41) is 1.66. The van der Waals surface area contributed by atoms with Crippen LogP contribution in [0, 0.1) is 0 Å². The first kappa shape index (κ1) is 12.6. The first-order valence-corrected chi connectivity index (χ1v) is 5.94. The van der Waals surface area contributed by atoms with Gasteiger partial charge in [0.2, 0.25) is 0 Å². The lowest BCUT2D eigenvalue weighted by molar-refractivity contribution is -0.143. The van der Waals surface area contributed by atoms with Crippen LogP contribution in [0.25, 0.3) is 0 Å². The maximum Gasteiger partial charge on any atom is 0.339 e. The van der Waals surface area contributed by atoms with E-state index >= 15 is 0 Å². The largest absolute Gasteiger partial charge is 0.462 e. The molecule has 0 fully saturated rings. The fraction of sp³-hybridized carbons (Fsp3) is 0.357. The molecule has 0 bridgehead atoms. The van der Waals surface area contributed by atoms with Crippen LogP contribution in [0.5, 0.6) is 0 Å². The SMILES string of the molecule is CCOC(=O)C1=CON(C)C1(C)c1ccccc1. The highest BCUT2D eigenvalue weighted by Gasteiger charge is 2.45. The number of benzene rings is 1. The molecule has 1 atom stereocenters. The Bertz CT molecular complexity index is 469. The monoisotopic (exact) mass is 247 g/mol. The van der Waals surface area contributed by atoms with Crippen molar-refractivity contribution in [1.82, 2.24) is 5.06 Å². The van der Waals surface area contributed by atoms with Crippen molar-refractivity contribution in [2.24, 2.45) is 0 Å². The molecule has 0 amide bonds. The van der Waals surface area contributed by atoms with E-state index in [0.29, 0.717) is 12.2 Å². The molecule has 0 saturated heterocycles. The van der Waals surface area contributed by atoms with E-state index in [1.54, 1.807) is 19.0 Å². The van der Waals surface area contributed by atoms with Crippen molar-refractivity contribution in [2.45, 2.75) is 19.4 Å². The summed E-state index contributed by atoms with van der Waals surface area (Å²) in [5.41, 5.74) is 0.885. The second kappa shape index (κ2) is 4.82. The average Bonchev–Trinajstić information content (AvgIpc) is 2.69. The third kappa shape index (κ3) is 1.88. The molecule has 18 heavy (non-hydrogen) atoms. The number of nitrogens with zero attached hydrogens (tertiary/aromatic N) is 1. The molecule has 0 aromatic heterocycles. The lowest BCUT2D eigenvalue weighted by Gasteiger charge is -2.32. The molecule has 4 heteroatoms. The minimum atomic E-state index is -0.618. The first-order valence-electron chi connectivity index (χ1n) is 5.94. The highest BCUT2D eigenvalue weighted by Crippen LogP contribution is 2.39. The van der Waals surface area contributed by atoms with Gasteiger partial charge in [-0.2, -0.15) is 0 Å². The molecule has 0 N–H and O–H groups in total. The van der Waals surface area contributed by atoms with Gasteiger partial charge in [0, 0.05) is 7.05 Å². The topological polar surface area (TPSA) is 38.8 Å². The Morgan fingerprint density at radius 3 is 2.67 bits per heavy atom. The van der Waals surface area contributed by atoms with E-state index in [2.05, 4.69) is 0 Å². The van der Waals surface area contributed by atoms with Crippen LogP contribution in [0.1, 0.15) is 19.4 Å². The van der Waals surface area contributed by atoms with Gasteiger partial charge in [-0.15, -0.1) is 5.06 Å². The molecule has 0 radical (unpaired) electrons. The van der Waals surface area contributed by atoms with E-state index in [0.717, 1.165) is 5.56 Å². The maximum atomic E-state index is 12.0. The van der Waals surface area contributed by atoms with Gasteiger partial charge < -0.3 is 9.57 Å². The predicted molar refractivity (Wildman–Crippen MR) is 67.4 cm³/mol. The van der Waals surface area contributed by atoms with Gasteiger partial charge in [0.15, 0.2) is 0 Å². The normalized spacial score (nSPS) is 23.4. The fourth-order valence-corrected chi connectivity index (χ4v) is 2.08. The van der Waals surface area contributed by atoms with Crippen molar-refractivity contribution < 1.29 is 14.4 Å². The number of ether oxygens (including phenoxy) is 1. The number of hydroxylamine groups is 2. The Kier molecular flexibility index (Phi) is 3.39. The third-order valence-electron chi connectivity index (χ3n) is 3.31. The molecule has 1 aromatic carbocycles. The lowest BCUT2D eigenvalue weighted by Crippen LogP contribution is -2.40. The van der Waals surface area contributed by atoms with Gasteiger partial charge in [0.1, 0.15) is 17.4 Å². The average molecular weight is 247 g/mol. The molecule has 1 aliphatic heterocycles. The molecule has 4 nitrogen and oxygen atoms in total. The second-order valence-corrected chi connectivity index (χ2v) is 4.29. The minimum Gasteiger partial charge on any atom is -0.462 e. The van der Waals surface area contributed by atoms with Crippen LogP contribution in [-0.2, 0) is 19.9 Å². The summed E-state index contributed by atoms with van der Waals surface area (Å²) < 4.78 is 5.08. The Morgan fingerprint density at radius 2 is 2.06 bits per heavy atom. The minimum absolute atomic E-state index is 0.340. The Hall–Kier alpha value is -1.81. The molecule has 1 unspecified atom stereocenters. The second-order valence-electron chi connectivity index (χ2n) is 4.29. The highest BCUT2D eigenvalue weighted by molar-refractivity contribution is 5.91. The van der Waals surface area contributed by atoms with Crippen molar-refractivity contribution >= 4 is 5.97 Å². The molecule has 96 valence electrons. The molecule has 2 rings (SSSR count). The van der Waals surface area contributed by atoms with Crippen LogP contribution < -0.4 is 0 Å². The Balaban J connectivity index is 2.40. The number of hydrogen-bond acceptors (Lipinski definition) is 4. The van der Waals surface area contributed by atoms with Crippen molar-refractivity contribution in [3.63, 3.8) is 0 Å². The van der Waals surface area contributed by atoms with Gasteiger partial charge in [-0.3, -0.25) is 0 Å². The summed E-state index contributed by atoms with van der Waals surface area (Å²) in [6, 6.07) is 9.76.